The summed E-state index contributed by atoms with van der Waals surface area (Å²) in [6.45, 7) is 0. The molecule has 0 fully saturated rings. The molecule has 1 N–H and O–H groups in total. The van der Waals surface area contributed by atoms with Gasteiger partial charge in [0.1, 0.15) is 5.75 Å². The van der Waals surface area contributed by atoms with Crippen LogP contribution in [0.3, 0.4) is 0 Å². The van der Waals surface area contributed by atoms with Crippen molar-refractivity contribution in [3.8, 4) is 17.6 Å². The van der Waals surface area contributed by atoms with Crippen LogP contribution in [0.15, 0.2) is 53.0 Å². The fourth-order valence-corrected chi connectivity index (χ4v) is 1.65. The van der Waals surface area contributed by atoms with E-state index in [0.717, 1.165) is 15.6 Å². The first-order valence-corrected chi connectivity index (χ1v) is 5.60. The fourth-order valence-electron chi connectivity index (χ4n) is 1.26. The molecule has 0 aromatic heterocycles. The van der Waals surface area contributed by atoms with E-state index in [1.54, 1.807) is 24.3 Å². The number of phenolic OH excluding ortho intramolecular Hbond substituents is 1. The maximum Gasteiger partial charge on any atom is 0.115 e. The molecule has 0 aliphatic carbocycles. The molecule has 0 bridgehead atoms. The Labute approximate surface area is 103 Å². The number of halogens is 1. The lowest BCUT2D eigenvalue weighted by molar-refractivity contribution is 0.475. The molecule has 0 atom stereocenters. The molecule has 0 aliphatic rings. The summed E-state index contributed by atoms with van der Waals surface area (Å²) in [5, 5.41) is 9.12. The van der Waals surface area contributed by atoms with Gasteiger partial charge in [0.2, 0.25) is 0 Å². The Balaban J connectivity index is 2.25. The van der Waals surface area contributed by atoms with Gasteiger partial charge in [-0.05, 0) is 42.5 Å². The minimum atomic E-state index is 0.257. The Morgan fingerprint density at radius 1 is 0.875 bits per heavy atom. The van der Waals surface area contributed by atoms with Crippen LogP contribution >= 0.6 is 15.9 Å². The molecular formula is C14H9BrO. The highest BCUT2D eigenvalue weighted by molar-refractivity contribution is 9.10. The molecular weight excluding hydrogens is 264 g/mol. The smallest absolute Gasteiger partial charge is 0.115 e. The highest BCUT2D eigenvalue weighted by atomic mass is 79.9. The van der Waals surface area contributed by atoms with E-state index in [4.69, 9.17) is 5.11 Å². The summed E-state index contributed by atoms with van der Waals surface area (Å²) in [6.07, 6.45) is 0. The predicted molar refractivity (Wildman–Crippen MR) is 68.2 cm³/mol. The molecule has 2 heteroatoms. The average Bonchev–Trinajstić information content (AvgIpc) is 2.28. The number of phenols is 1. The summed E-state index contributed by atoms with van der Waals surface area (Å²) < 4.78 is 1.02. The normalized spacial score (nSPS) is 9.31. The molecule has 2 aromatic carbocycles. The third-order valence-electron chi connectivity index (χ3n) is 2.04. The number of hydrogen-bond donors (Lipinski definition) is 1. The van der Waals surface area contributed by atoms with Gasteiger partial charge in [-0.25, -0.2) is 0 Å². The number of hydrogen-bond acceptors (Lipinski definition) is 1. The number of benzene rings is 2. The zero-order valence-electron chi connectivity index (χ0n) is 8.44. The SMILES string of the molecule is Oc1ccc(C#Cc2cccc(Br)c2)cc1. The van der Waals surface area contributed by atoms with Crippen molar-refractivity contribution >= 4 is 15.9 Å². The summed E-state index contributed by atoms with van der Waals surface area (Å²) in [5.74, 6) is 6.35. The van der Waals surface area contributed by atoms with Crippen LogP contribution in [-0.4, -0.2) is 5.11 Å². The van der Waals surface area contributed by atoms with Gasteiger partial charge in [-0.1, -0.05) is 33.8 Å². The second kappa shape index (κ2) is 4.87. The second-order valence-corrected chi connectivity index (χ2v) is 4.22. The van der Waals surface area contributed by atoms with Gasteiger partial charge >= 0.3 is 0 Å². The van der Waals surface area contributed by atoms with Crippen LogP contribution in [0, 0.1) is 11.8 Å². The molecule has 0 heterocycles. The topological polar surface area (TPSA) is 20.2 Å². The van der Waals surface area contributed by atoms with Crippen LogP contribution in [0.1, 0.15) is 11.1 Å². The van der Waals surface area contributed by atoms with Crippen molar-refractivity contribution in [1.29, 1.82) is 0 Å². The van der Waals surface area contributed by atoms with Crippen LogP contribution in [0.25, 0.3) is 0 Å². The summed E-state index contributed by atoms with van der Waals surface area (Å²) in [6, 6.07) is 14.7. The quantitative estimate of drug-likeness (QED) is 0.728. The largest absolute Gasteiger partial charge is 0.508 e. The highest BCUT2D eigenvalue weighted by Gasteiger charge is 1.90. The van der Waals surface area contributed by atoms with E-state index < -0.39 is 0 Å². The first kappa shape index (κ1) is 10.8. The van der Waals surface area contributed by atoms with Crippen molar-refractivity contribution in [1.82, 2.24) is 0 Å². The van der Waals surface area contributed by atoms with Gasteiger partial charge in [-0.15, -0.1) is 0 Å². The van der Waals surface area contributed by atoms with Gasteiger partial charge in [0, 0.05) is 15.6 Å². The van der Waals surface area contributed by atoms with E-state index in [1.807, 2.05) is 24.3 Å². The van der Waals surface area contributed by atoms with Gasteiger partial charge in [0.15, 0.2) is 0 Å². The van der Waals surface area contributed by atoms with Gasteiger partial charge in [-0.2, -0.15) is 0 Å². The summed E-state index contributed by atoms with van der Waals surface area (Å²) in [7, 11) is 0. The van der Waals surface area contributed by atoms with E-state index in [1.165, 1.54) is 0 Å². The molecule has 0 aliphatic heterocycles. The first-order chi connectivity index (χ1) is 7.74. The molecule has 2 aromatic rings. The molecule has 0 saturated heterocycles. The molecule has 0 spiro atoms. The maximum atomic E-state index is 9.12. The van der Waals surface area contributed by atoms with Crippen molar-refractivity contribution in [2.24, 2.45) is 0 Å². The molecule has 78 valence electrons. The molecule has 0 amide bonds. The molecule has 0 radical (unpaired) electrons. The number of aromatic hydroxyl groups is 1. The standard InChI is InChI=1S/C14H9BrO/c15-13-3-1-2-12(10-13)5-4-11-6-8-14(16)9-7-11/h1-3,6-10,16H. The Morgan fingerprint density at radius 3 is 2.25 bits per heavy atom. The predicted octanol–water partition coefficient (Wildman–Crippen LogP) is 3.55. The lowest BCUT2D eigenvalue weighted by Crippen LogP contribution is -1.75. The van der Waals surface area contributed by atoms with E-state index >= 15 is 0 Å². The van der Waals surface area contributed by atoms with Crippen LogP contribution in [0.5, 0.6) is 5.75 Å². The van der Waals surface area contributed by atoms with Gasteiger partial charge in [-0.3, -0.25) is 0 Å². The van der Waals surface area contributed by atoms with Gasteiger partial charge < -0.3 is 5.11 Å². The van der Waals surface area contributed by atoms with Crippen molar-refractivity contribution in [3.63, 3.8) is 0 Å². The van der Waals surface area contributed by atoms with Gasteiger partial charge in [0.25, 0.3) is 0 Å². The minimum Gasteiger partial charge on any atom is -0.508 e. The second-order valence-electron chi connectivity index (χ2n) is 3.31. The van der Waals surface area contributed by atoms with Crippen LogP contribution < -0.4 is 0 Å². The third-order valence-corrected chi connectivity index (χ3v) is 2.54. The third kappa shape index (κ3) is 2.88. The zero-order valence-corrected chi connectivity index (χ0v) is 10.0. The van der Waals surface area contributed by atoms with Crippen molar-refractivity contribution in [2.45, 2.75) is 0 Å². The first-order valence-electron chi connectivity index (χ1n) is 4.81. The molecule has 0 unspecified atom stereocenters. The molecule has 1 nitrogen and oxygen atoms in total. The summed E-state index contributed by atoms with van der Waals surface area (Å²) in [5.41, 5.74) is 1.85. The Bertz CT molecular complexity index is 547. The average molecular weight is 273 g/mol. The van der Waals surface area contributed by atoms with E-state index in [9.17, 15) is 0 Å². The Kier molecular flexibility index (Phi) is 3.28. The monoisotopic (exact) mass is 272 g/mol. The van der Waals surface area contributed by atoms with E-state index in [2.05, 4.69) is 27.8 Å². The minimum absolute atomic E-state index is 0.257. The summed E-state index contributed by atoms with van der Waals surface area (Å²) >= 11 is 3.40. The van der Waals surface area contributed by atoms with Crippen molar-refractivity contribution in [3.05, 3.63) is 64.1 Å². The maximum absolute atomic E-state index is 9.12. The summed E-state index contributed by atoms with van der Waals surface area (Å²) in [4.78, 5) is 0. The lowest BCUT2D eigenvalue weighted by atomic mass is 10.2. The molecule has 0 saturated carbocycles. The Hall–Kier alpha value is -1.72. The van der Waals surface area contributed by atoms with Crippen LogP contribution in [-0.2, 0) is 0 Å². The Morgan fingerprint density at radius 2 is 1.56 bits per heavy atom. The van der Waals surface area contributed by atoms with Crippen molar-refractivity contribution in [2.75, 3.05) is 0 Å². The van der Waals surface area contributed by atoms with E-state index in [-0.39, 0.29) is 5.75 Å². The van der Waals surface area contributed by atoms with E-state index in [0.29, 0.717) is 0 Å². The molecule has 16 heavy (non-hydrogen) atoms. The lowest BCUT2D eigenvalue weighted by Gasteiger charge is -1.92. The van der Waals surface area contributed by atoms with Crippen molar-refractivity contribution < 1.29 is 5.11 Å². The van der Waals surface area contributed by atoms with Crippen LogP contribution in [0.4, 0.5) is 0 Å². The molecule has 2 rings (SSSR count). The fraction of sp³-hybridized carbons (Fsp3) is 0. The van der Waals surface area contributed by atoms with Gasteiger partial charge in [0.05, 0.1) is 0 Å². The zero-order chi connectivity index (χ0) is 11.4. The van der Waals surface area contributed by atoms with Crippen LogP contribution in [0.2, 0.25) is 0 Å². The highest BCUT2D eigenvalue weighted by Crippen LogP contribution is 2.11. The number of rotatable bonds is 0.